The van der Waals surface area contributed by atoms with E-state index < -0.39 is 0 Å². The summed E-state index contributed by atoms with van der Waals surface area (Å²) in [6.07, 6.45) is 5.35. The molecule has 0 aliphatic carbocycles. The van der Waals surface area contributed by atoms with Crippen molar-refractivity contribution in [3.05, 3.63) is 0 Å². The molecule has 0 aromatic heterocycles. The van der Waals surface area contributed by atoms with Gasteiger partial charge < -0.3 is 20.9 Å². The summed E-state index contributed by atoms with van der Waals surface area (Å²) in [5, 5.41) is 4.20. The standard InChI is InChI=1S/C19H37N5OS.HI/c1-3-17-15-24(13-14-26-17)19(21-4-2)22-9-5-6-10-23-11-7-16(8-12-23)18(20)25;/h16-17H,3-15H2,1-2H3,(H2,20,25)(H,21,22);1H. The average molecular weight is 512 g/mol. The molecule has 2 saturated heterocycles. The van der Waals surface area contributed by atoms with Gasteiger partial charge in [-0.25, -0.2) is 0 Å². The van der Waals surface area contributed by atoms with Crippen molar-refractivity contribution in [2.45, 2.75) is 51.2 Å². The van der Waals surface area contributed by atoms with E-state index in [4.69, 9.17) is 10.7 Å². The number of piperidine rings is 1. The van der Waals surface area contributed by atoms with Gasteiger partial charge in [0, 0.05) is 43.1 Å². The lowest BCUT2D eigenvalue weighted by atomic mass is 9.96. The highest BCUT2D eigenvalue weighted by atomic mass is 127. The van der Waals surface area contributed by atoms with Crippen LogP contribution in [0.2, 0.25) is 0 Å². The van der Waals surface area contributed by atoms with Crippen molar-refractivity contribution in [1.29, 1.82) is 0 Å². The normalized spacial score (nSPS) is 22.4. The zero-order chi connectivity index (χ0) is 18.8. The largest absolute Gasteiger partial charge is 0.369 e. The van der Waals surface area contributed by atoms with Crippen LogP contribution in [0.15, 0.2) is 4.99 Å². The number of guanidine groups is 1. The van der Waals surface area contributed by atoms with E-state index in [1.54, 1.807) is 0 Å². The fraction of sp³-hybridized carbons (Fsp3) is 0.895. The molecular formula is C19H38IN5OS. The topological polar surface area (TPSA) is 74.0 Å². The summed E-state index contributed by atoms with van der Waals surface area (Å²) in [7, 11) is 0. The van der Waals surface area contributed by atoms with Crippen LogP contribution in [0.25, 0.3) is 0 Å². The minimum Gasteiger partial charge on any atom is -0.369 e. The number of carbonyl (C=O) groups excluding carboxylic acids is 1. The molecule has 8 heteroatoms. The zero-order valence-electron chi connectivity index (χ0n) is 17.0. The first-order chi connectivity index (χ1) is 12.6. The number of amides is 1. The van der Waals surface area contributed by atoms with Gasteiger partial charge in [-0.3, -0.25) is 9.79 Å². The Labute approximate surface area is 186 Å². The number of hydrogen-bond acceptors (Lipinski definition) is 4. The molecule has 1 unspecified atom stereocenters. The predicted molar refractivity (Wildman–Crippen MR) is 127 cm³/mol. The van der Waals surface area contributed by atoms with Crippen LogP contribution in [-0.4, -0.2) is 78.5 Å². The maximum Gasteiger partial charge on any atom is 0.220 e. The number of carbonyl (C=O) groups is 1. The molecule has 6 nitrogen and oxygen atoms in total. The molecule has 1 atom stereocenters. The summed E-state index contributed by atoms with van der Waals surface area (Å²) >= 11 is 2.09. The fourth-order valence-electron chi connectivity index (χ4n) is 3.66. The Bertz CT molecular complexity index is 457. The molecule has 2 rings (SSSR count). The number of primary amides is 1. The summed E-state index contributed by atoms with van der Waals surface area (Å²) in [6, 6.07) is 0. The Kier molecular flexibility index (Phi) is 12.8. The number of nitrogens with two attached hydrogens (primary N) is 1. The summed E-state index contributed by atoms with van der Waals surface area (Å²) < 4.78 is 0. The van der Waals surface area contributed by atoms with Gasteiger partial charge in [-0.15, -0.1) is 24.0 Å². The van der Waals surface area contributed by atoms with Crippen molar-refractivity contribution in [2.75, 3.05) is 51.6 Å². The summed E-state index contributed by atoms with van der Waals surface area (Å²) in [5.41, 5.74) is 5.40. The average Bonchev–Trinajstić information content (AvgIpc) is 2.67. The third-order valence-corrected chi connectivity index (χ3v) is 6.73. The number of unbranched alkanes of at least 4 members (excludes halogenated alkanes) is 1. The van der Waals surface area contributed by atoms with Gasteiger partial charge in [-0.1, -0.05) is 6.92 Å². The van der Waals surface area contributed by atoms with Crippen molar-refractivity contribution < 1.29 is 4.79 Å². The second-order valence-corrected chi connectivity index (χ2v) is 8.72. The molecule has 2 aliphatic heterocycles. The molecule has 3 N–H and O–H groups in total. The second-order valence-electron chi connectivity index (χ2n) is 7.31. The SMILES string of the molecule is CCNC(=NCCCCN1CCC(C(N)=O)CC1)N1CCSC(CC)C1.I. The third-order valence-electron chi connectivity index (χ3n) is 5.36. The molecular weight excluding hydrogens is 473 g/mol. The lowest BCUT2D eigenvalue weighted by molar-refractivity contribution is -0.123. The van der Waals surface area contributed by atoms with Crippen LogP contribution >= 0.6 is 35.7 Å². The number of halogens is 1. The Morgan fingerprint density at radius 3 is 2.59 bits per heavy atom. The Balaban J connectivity index is 0.00000364. The maximum absolute atomic E-state index is 11.2. The maximum atomic E-state index is 11.2. The molecule has 0 saturated carbocycles. The van der Waals surface area contributed by atoms with Crippen molar-refractivity contribution in [2.24, 2.45) is 16.6 Å². The van der Waals surface area contributed by atoms with E-state index in [0.717, 1.165) is 82.7 Å². The highest BCUT2D eigenvalue weighted by Gasteiger charge is 2.23. The van der Waals surface area contributed by atoms with Gasteiger partial charge in [0.15, 0.2) is 5.96 Å². The highest BCUT2D eigenvalue weighted by molar-refractivity contribution is 14.0. The van der Waals surface area contributed by atoms with Gasteiger partial charge in [0.2, 0.25) is 5.91 Å². The van der Waals surface area contributed by atoms with Crippen molar-refractivity contribution in [3.63, 3.8) is 0 Å². The quantitative estimate of drug-likeness (QED) is 0.227. The molecule has 0 spiro atoms. The minimum absolute atomic E-state index is 0. The molecule has 0 bridgehead atoms. The lowest BCUT2D eigenvalue weighted by Crippen LogP contribution is -2.48. The van der Waals surface area contributed by atoms with Gasteiger partial charge in [-0.2, -0.15) is 11.8 Å². The van der Waals surface area contributed by atoms with Gasteiger partial charge in [0.25, 0.3) is 0 Å². The molecule has 0 aromatic rings. The number of aliphatic imine (C=N–C) groups is 1. The van der Waals surface area contributed by atoms with Crippen LogP contribution in [0, 0.1) is 5.92 Å². The van der Waals surface area contributed by atoms with E-state index in [-0.39, 0.29) is 35.8 Å². The number of hydrogen-bond donors (Lipinski definition) is 2. The van der Waals surface area contributed by atoms with E-state index >= 15 is 0 Å². The second kappa shape index (κ2) is 13.9. The summed E-state index contributed by atoms with van der Waals surface area (Å²) in [5.74, 6) is 2.25. The minimum atomic E-state index is -0.128. The van der Waals surface area contributed by atoms with Gasteiger partial charge in [0.05, 0.1) is 0 Å². The number of nitrogens with zero attached hydrogens (tertiary/aromatic N) is 3. The van der Waals surface area contributed by atoms with Crippen LogP contribution in [0.5, 0.6) is 0 Å². The van der Waals surface area contributed by atoms with Crippen molar-refractivity contribution in [1.82, 2.24) is 15.1 Å². The van der Waals surface area contributed by atoms with Gasteiger partial charge in [-0.05, 0) is 58.7 Å². The predicted octanol–water partition coefficient (Wildman–Crippen LogP) is 2.37. The van der Waals surface area contributed by atoms with Crippen molar-refractivity contribution in [3.8, 4) is 0 Å². The van der Waals surface area contributed by atoms with Crippen LogP contribution in [0.3, 0.4) is 0 Å². The smallest absolute Gasteiger partial charge is 0.220 e. The monoisotopic (exact) mass is 511 g/mol. The number of nitrogens with one attached hydrogen (secondary N) is 1. The number of thioether (sulfide) groups is 1. The van der Waals surface area contributed by atoms with E-state index in [0.29, 0.717) is 0 Å². The molecule has 2 heterocycles. The highest BCUT2D eigenvalue weighted by Crippen LogP contribution is 2.21. The van der Waals surface area contributed by atoms with Gasteiger partial charge >= 0.3 is 0 Å². The summed E-state index contributed by atoms with van der Waals surface area (Å²) in [6.45, 7) is 11.6. The fourth-order valence-corrected chi connectivity index (χ4v) is 4.84. The van der Waals surface area contributed by atoms with Crippen molar-refractivity contribution >= 4 is 47.6 Å². The molecule has 27 heavy (non-hydrogen) atoms. The Hall–Kier alpha value is -0.220. The van der Waals surface area contributed by atoms with Crippen LogP contribution < -0.4 is 11.1 Å². The van der Waals surface area contributed by atoms with Crippen LogP contribution in [-0.2, 0) is 4.79 Å². The lowest BCUT2D eigenvalue weighted by Gasteiger charge is -2.34. The first kappa shape index (κ1) is 24.8. The van der Waals surface area contributed by atoms with Crippen LogP contribution in [0.1, 0.15) is 46.0 Å². The van der Waals surface area contributed by atoms with Gasteiger partial charge in [0.1, 0.15) is 0 Å². The zero-order valence-corrected chi connectivity index (χ0v) is 20.1. The number of likely N-dealkylation sites (tertiary alicyclic amines) is 1. The molecule has 1 amide bonds. The molecule has 0 aromatic carbocycles. The van der Waals surface area contributed by atoms with E-state index in [9.17, 15) is 4.79 Å². The molecule has 2 aliphatic rings. The molecule has 158 valence electrons. The third kappa shape index (κ3) is 8.77. The first-order valence-corrected chi connectivity index (χ1v) is 11.3. The number of rotatable bonds is 8. The van der Waals surface area contributed by atoms with Crippen LogP contribution in [0.4, 0.5) is 0 Å². The summed E-state index contributed by atoms with van der Waals surface area (Å²) in [4.78, 5) is 21.0. The van der Waals surface area contributed by atoms with E-state index in [1.165, 1.54) is 12.2 Å². The van der Waals surface area contributed by atoms with E-state index in [2.05, 4.69) is 40.7 Å². The Morgan fingerprint density at radius 1 is 1.22 bits per heavy atom. The Morgan fingerprint density at radius 2 is 1.96 bits per heavy atom. The molecule has 0 radical (unpaired) electrons. The molecule has 2 fully saturated rings. The van der Waals surface area contributed by atoms with E-state index in [1.807, 2.05) is 0 Å². The first-order valence-electron chi connectivity index (χ1n) is 10.3.